The summed E-state index contributed by atoms with van der Waals surface area (Å²) in [5.74, 6) is -1.85. The van der Waals surface area contributed by atoms with Crippen molar-refractivity contribution in [3.05, 3.63) is 35.4 Å². The molecule has 6 nitrogen and oxygen atoms in total. The fourth-order valence-electron chi connectivity index (χ4n) is 2.32. The minimum atomic E-state index is -3.14. The van der Waals surface area contributed by atoms with Crippen LogP contribution in [-0.4, -0.2) is 42.4 Å². The standard InChI is InChI=1S/C13H15NO5S/c1-13(6-7-20(18,19)8-13)14-11(15)9-4-2-3-5-10(9)12(16)17/h2-5H,6-8H2,1H3,(H,14,15)(H,16,17)/t13-/m1/s1. The molecule has 1 aromatic rings. The van der Waals surface area contributed by atoms with E-state index in [1.165, 1.54) is 18.2 Å². The third-order valence-electron chi connectivity index (χ3n) is 3.32. The first-order valence-electron chi connectivity index (χ1n) is 6.08. The number of benzene rings is 1. The molecule has 1 atom stereocenters. The zero-order valence-electron chi connectivity index (χ0n) is 10.9. The van der Waals surface area contributed by atoms with Crippen molar-refractivity contribution in [3.8, 4) is 0 Å². The normalized spacial score (nSPS) is 24.2. The van der Waals surface area contributed by atoms with E-state index in [2.05, 4.69) is 5.32 Å². The second-order valence-electron chi connectivity index (χ2n) is 5.21. The van der Waals surface area contributed by atoms with Crippen LogP contribution >= 0.6 is 0 Å². The molecule has 0 spiro atoms. The number of aromatic carboxylic acids is 1. The van der Waals surface area contributed by atoms with Gasteiger partial charge in [0.2, 0.25) is 0 Å². The Morgan fingerprint density at radius 3 is 2.35 bits per heavy atom. The molecule has 0 saturated carbocycles. The molecule has 1 saturated heterocycles. The number of carboxylic acids is 1. The van der Waals surface area contributed by atoms with Crippen molar-refractivity contribution in [3.63, 3.8) is 0 Å². The third-order valence-corrected chi connectivity index (χ3v) is 5.22. The Labute approximate surface area is 116 Å². The monoisotopic (exact) mass is 297 g/mol. The Hall–Kier alpha value is -1.89. The molecule has 1 heterocycles. The van der Waals surface area contributed by atoms with Crippen LogP contribution in [0.2, 0.25) is 0 Å². The first kappa shape index (κ1) is 14.5. The minimum absolute atomic E-state index is 0.0321. The van der Waals surface area contributed by atoms with Crippen LogP contribution in [0.4, 0.5) is 0 Å². The van der Waals surface area contributed by atoms with Gasteiger partial charge in [0.15, 0.2) is 9.84 Å². The Kier molecular flexibility index (Phi) is 3.56. The summed E-state index contributed by atoms with van der Waals surface area (Å²) in [4.78, 5) is 23.2. The van der Waals surface area contributed by atoms with Crippen LogP contribution in [0.3, 0.4) is 0 Å². The predicted molar refractivity (Wildman–Crippen MR) is 72.5 cm³/mol. The molecule has 1 fully saturated rings. The second kappa shape index (κ2) is 4.90. The number of carbonyl (C=O) groups is 2. The van der Waals surface area contributed by atoms with Crippen molar-refractivity contribution >= 4 is 21.7 Å². The molecule has 1 aromatic carbocycles. The lowest BCUT2D eigenvalue weighted by Crippen LogP contribution is -2.47. The summed E-state index contributed by atoms with van der Waals surface area (Å²) in [7, 11) is -3.14. The van der Waals surface area contributed by atoms with E-state index in [4.69, 9.17) is 5.11 Å². The highest BCUT2D eigenvalue weighted by Gasteiger charge is 2.39. The zero-order chi connectivity index (χ0) is 15.0. The molecule has 0 bridgehead atoms. The number of hydrogen-bond donors (Lipinski definition) is 2. The first-order chi connectivity index (χ1) is 9.22. The van der Waals surface area contributed by atoms with Crippen LogP contribution in [0.15, 0.2) is 24.3 Å². The molecule has 1 aliphatic heterocycles. The van der Waals surface area contributed by atoms with Crippen LogP contribution in [-0.2, 0) is 9.84 Å². The van der Waals surface area contributed by atoms with Gasteiger partial charge in [0, 0.05) is 0 Å². The second-order valence-corrected chi connectivity index (χ2v) is 7.39. The number of nitrogens with one attached hydrogen (secondary N) is 1. The molecule has 0 unspecified atom stereocenters. The van der Waals surface area contributed by atoms with Crippen molar-refractivity contribution < 1.29 is 23.1 Å². The number of hydrogen-bond acceptors (Lipinski definition) is 4. The average molecular weight is 297 g/mol. The van der Waals surface area contributed by atoms with Gasteiger partial charge in [-0.2, -0.15) is 0 Å². The number of sulfone groups is 1. The van der Waals surface area contributed by atoms with Crippen LogP contribution in [0, 0.1) is 0 Å². The number of carboxylic acid groups (broad SMARTS) is 1. The van der Waals surface area contributed by atoms with Gasteiger partial charge in [-0.25, -0.2) is 13.2 Å². The predicted octanol–water partition coefficient (Wildman–Crippen LogP) is 0.692. The van der Waals surface area contributed by atoms with Gasteiger partial charge in [-0.3, -0.25) is 4.79 Å². The molecule has 108 valence electrons. The molecule has 0 aromatic heterocycles. The van der Waals surface area contributed by atoms with Gasteiger partial charge in [-0.1, -0.05) is 12.1 Å². The van der Waals surface area contributed by atoms with Crippen molar-refractivity contribution in [2.24, 2.45) is 0 Å². The van der Waals surface area contributed by atoms with Crippen LogP contribution in [0.1, 0.15) is 34.1 Å². The quantitative estimate of drug-likeness (QED) is 0.855. The maximum atomic E-state index is 12.2. The molecule has 1 aliphatic rings. The molecule has 20 heavy (non-hydrogen) atoms. The summed E-state index contributed by atoms with van der Waals surface area (Å²) in [5.41, 5.74) is -0.915. The molecule has 7 heteroatoms. The van der Waals surface area contributed by atoms with Crippen LogP contribution in [0.25, 0.3) is 0 Å². The van der Waals surface area contributed by atoms with E-state index in [-0.39, 0.29) is 22.6 Å². The Bertz CT molecular complexity index is 667. The third kappa shape index (κ3) is 2.98. The topological polar surface area (TPSA) is 101 Å². The van der Waals surface area contributed by atoms with Gasteiger partial charge in [0.05, 0.1) is 28.2 Å². The SMILES string of the molecule is C[C@@]1(NC(=O)c2ccccc2C(=O)O)CCS(=O)(=O)C1. The van der Waals surface area contributed by atoms with E-state index in [1.54, 1.807) is 13.0 Å². The minimum Gasteiger partial charge on any atom is -0.478 e. The van der Waals surface area contributed by atoms with E-state index in [0.29, 0.717) is 6.42 Å². The Morgan fingerprint density at radius 2 is 1.85 bits per heavy atom. The van der Waals surface area contributed by atoms with Gasteiger partial charge in [-0.15, -0.1) is 0 Å². The summed E-state index contributed by atoms with van der Waals surface area (Å²) in [5, 5.41) is 11.7. The van der Waals surface area contributed by atoms with Crippen LogP contribution in [0.5, 0.6) is 0 Å². The van der Waals surface area contributed by atoms with Gasteiger partial charge >= 0.3 is 5.97 Å². The summed E-state index contributed by atoms with van der Waals surface area (Å²) < 4.78 is 23.0. The van der Waals surface area contributed by atoms with E-state index < -0.39 is 27.3 Å². The smallest absolute Gasteiger partial charge is 0.336 e. The van der Waals surface area contributed by atoms with Crippen molar-refractivity contribution in [2.75, 3.05) is 11.5 Å². The fraction of sp³-hybridized carbons (Fsp3) is 0.385. The molecular weight excluding hydrogens is 282 g/mol. The number of carbonyl (C=O) groups excluding carboxylic acids is 1. The lowest BCUT2D eigenvalue weighted by Gasteiger charge is -2.24. The Balaban J connectivity index is 2.24. The van der Waals surface area contributed by atoms with E-state index in [0.717, 1.165) is 0 Å². The van der Waals surface area contributed by atoms with Crippen LogP contribution < -0.4 is 5.32 Å². The largest absolute Gasteiger partial charge is 0.478 e. The Morgan fingerprint density at radius 1 is 1.25 bits per heavy atom. The summed E-state index contributed by atoms with van der Waals surface area (Å²) >= 11 is 0. The highest BCUT2D eigenvalue weighted by atomic mass is 32.2. The van der Waals surface area contributed by atoms with E-state index in [9.17, 15) is 18.0 Å². The van der Waals surface area contributed by atoms with Gasteiger partial charge in [-0.05, 0) is 25.5 Å². The highest BCUT2D eigenvalue weighted by molar-refractivity contribution is 7.91. The molecule has 0 radical (unpaired) electrons. The van der Waals surface area contributed by atoms with Gasteiger partial charge in [0.25, 0.3) is 5.91 Å². The van der Waals surface area contributed by atoms with E-state index in [1.807, 2.05) is 0 Å². The summed E-state index contributed by atoms with van der Waals surface area (Å²) in [6.45, 7) is 1.65. The highest BCUT2D eigenvalue weighted by Crippen LogP contribution is 2.23. The average Bonchev–Trinajstić information content (AvgIpc) is 2.63. The van der Waals surface area contributed by atoms with Crippen molar-refractivity contribution in [2.45, 2.75) is 18.9 Å². The fourth-order valence-corrected chi connectivity index (χ4v) is 4.41. The number of amides is 1. The van der Waals surface area contributed by atoms with Crippen molar-refractivity contribution in [1.29, 1.82) is 0 Å². The molecule has 0 aliphatic carbocycles. The molecular formula is C13H15NO5S. The number of rotatable bonds is 3. The maximum absolute atomic E-state index is 12.2. The van der Waals surface area contributed by atoms with Gasteiger partial charge in [0.1, 0.15) is 0 Å². The summed E-state index contributed by atoms with van der Waals surface area (Å²) in [6, 6.07) is 5.84. The maximum Gasteiger partial charge on any atom is 0.336 e. The zero-order valence-corrected chi connectivity index (χ0v) is 11.7. The molecule has 1 amide bonds. The lowest BCUT2D eigenvalue weighted by molar-refractivity contribution is 0.0689. The van der Waals surface area contributed by atoms with Gasteiger partial charge < -0.3 is 10.4 Å². The van der Waals surface area contributed by atoms with E-state index >= 15 is 0 Å². The first-order valence-corrected chi connectivity index (χ1v) is 7.90. The molecule has 2 rings (SSSR count). The summed E-state index contributed by atoms with van der Waals surface area (Å²) in [6.07, 6.45) is 0.330. The lowest BCUT2D eigenvalue weighted by atomic mass is 10.00. The molecule has 2 N–H and O–H groups in total. The van der Waals surface area contributed by atoms with Crippen molar-refractivity contribution in [1.82, 2.24) is 5.32 Å².